The standard InChI is InChI=1S/C39H62N8O16/c1-26(49)40-11-14-58-16-18-60-20-21-61-19-17-59-15-12-41-31(52)6-4-2-3-5-13-62-39(38(56)57)23-29(50)34(43-33(54)25-48)36(63-39)35(55)30(51)24-42-32(53)22-27-7-9-28(10-8-27)37-44-46-47-45-37/h7-10,29-30,34-36,48,50-51,55H,2-6,11-25H2,1H3,(H,40,49)(H,41,52)(H,42,53)(H,43,54)(H,56,57)(H,44,45,46,47)/t29-,30+,34+,35+,36+,39+/m0/s1. The van der Waals surface area contributed by atoms with Gasteiger partial charge in [-0.05, 0) is 28.8 Å². The third-order valence-corrected chi connectivity index (χ3v) is 9.48. The van der Waals surface area contributed by atoms with Gasteiger partial charge in [-0.3, -0.25) is 19.2 Å². The first kappa shape index (κ1) is 52.6. The first-order chi connectivity index (χ1) is 30.3. The number of H-pyrrole nitrogens is 1. The van der Waals surface area contributed by atoms with Gasteiger partial charge in [-0.1, -0.05) is 37.1 Å². The van der Waals surface area contributed by atoms with Crippen LogP contribution in [0.4, 0.5) is 0 Å². The Morgan fingerprint density at radius 1 is 0.825 bits per heavy atom. The summed E-state index contributed by atoms with van der Waals surface area (Å²) in [7, 11) is 0. The number of aliphatic hydroxyl groups is 4. The minimum absolute atomic E-state index is 0.0936. The fourth-order valence-electron chi connectivity index (χ4n) is 6.21. The molecule has 1 fully saturated rings. The van der Waals surface area contributed by atoms with E-state index in [2.05, 4.69) is 41.9 Å². The molecule has 354 valence electrons. The van der Waals surface area contributed by atoms with E-state index in [-0.39, 0.29) is 31.3 Å². The van der Waals surface area contributed by atoms with Gasteiger partial charge < -0.3 is 75.2 Å². The Bertz CT molecular complexity index is 1640. The number of carboxylic acid groups (broad SMARTS) is 1. The van der Waals surface area contributed by atoms with Crippen LogP contribution in [0.2, 0.25) is 0 Å². The fourth-order valence-corrected chi connectivity index (χ4v) is 6.21. The molecule has 2 heterocycles. The van der Waals surface area contributed by atoms with Crippen molar-refractivity contribution in [3.63, 3.8) is 0 Å². The number of tetrazole rings is 1. The van der Waals surface area contributed by atoms with E-state index < -0.39 is 73.6 Å². The zero-order valence-corrected chi connectivity index (χ0v) is 35.4. The quantitative estimate of drug-likeness (QED) is 0.0318. The summed E-state index contributed by atoms with van der Waals surface area (Å²) in [6.07, 6.45) is -5.60. The lowest BCUT2D eigenvalue weighted by atomic mass is 9.88. The second-order valence-corrected chi connectivity index (χ2v) is 14.4. The zero-order chi connectivity index (χ0) is 45.9. The molecule has 6 atom stereocenters. The van der Waals surface area contributed by atoms with E-state index in [4.69, 9.17) is 28.4 Å². The number of hydrogen-bond acceptors (Lipinski definition) is 18. The second kappa shape index (κ2) is 29.6. The van der Waals surface area contributed by atoms with E-state index in [1.165, 1.54) is 6.92 Å². The minimum Gasteiger partial charge on any atom is -0.477 e. The van der Waals surface area contributed by atoms with Crippen molar-refractivity contribution in [2.24, 2.45) is 0 Å². The summed E-state index contributed by atoms with van der Waals surface area (Å²) in [5, 5.41) is 76.2. The van der Waals surface area contributed by atoms with E-state index in [9.17, 15) is 49.5 Å². The van der Waals surface area contributed by atoms with E-state index in [1.807, 2.05) is 0 Å². The molecule has 24 nitrogen and oxygen atoms in total. The number of aromatic nitrogens is 4. The van der Waals surface area contributed by atoms with Gasteiger partial charge in [0, 0.05) is 45.0 Å². The molecule has 63 heavy (non-hydrogen) atoms. The summed E-state index contributed by atoms with van der Waals surface area (Å²) >= 11 is 0. The SMILES string of the molecule is CC(=O)NCCOCCOCCOCCOCCNC(=O)CCCCCCO[C@]1(C(=O)O)C[C@H](O)[C@@H](NC(=O)CO)[C@H]([C@H](O)[C@H](O)CNC(=O)Cc2ccc(-c3nnn[nH]3)cc2)O1. The number of carboxylic acids is 1. The Hall–Kier alpha value is -4.76. The van der Waals surface area contributed by atoms with Crippen LogP contribution in [0.15, 0.2) is 24.3 Å². The number of unbranched alkanes of at least 4 members (excludes halogenated alkanes) is 3. The molecule has 0 bridgehead atoms. The summed E-state index contributed by atoms with van der Waals surface area (Å²) in [5.74, 6) is -5.42. The summed E-state index contributed by atoms with van der Waals surface area (Å²) < 4.78 is 33.0. The lowest BCUT2D eigenvalue weighted by Crippen LogP contribution is -2.68. The molecule has 1 aromatic heterocycles. The Morgan fingerprint density at radius 2 is 1.44 bits per heavy atom. The topological polar surface area (TPSA) is 344 Å². The van der Waals surface area contributed by atoms with E-state index >= 15 is 0 Å². The maximum Gasteiger partial charge on any atom is 0.364 e. The predicted molar refractivity (Wildman–Crippen MR) is 217 cm³/mol. The van der Waals surface area contributed by atoms with Crippen LogP contribution in [0.25, 0.3) is 11.4 Å². The van der Waals surface area contributed by atoms with Gasteiger partial charge in [-0.25, -0.2) is 9.89 Å². The van der Waals surface area contributed by atoms with Crippen LogP contribution < -0.4 is 21.3 Å². The number of benzene rings is 1. The van der Waals surface area contributed by atoms with Crippen molar-refractivity contribution >= 4 is 29.6 Å². The molecule has 0 spiro atoms. The van der Waals surface area contributed by atoms with Gasteiger partial charge in [0.25, 0.3) is 5.79 Å². The van der Waals surface area contributed by atoms with Crippen LogP contribution in [0.1, 0.15) is 51.0 Å². The van der Waals surface area contributed by atoms with Crippen LogP contribution in [-0.2, 0) is 58.8 Å². The van der Waals surface area contributed by atoms with Crippen LogP contribution in [0, 0.1) is 0 Å². The molecule has 10 N–H and O–H groups in total. The summed E-state index contributed by atoms with van der Waals surface area (Å²) in [5.41, 5.74) is 1.30. The van der Waals surface area contributed by atoms with Gasteiger partial charge >= 0.3 is 5.97 Å². The number of carbonyl (C=O) groups excluding carboxylic acids is 4. The smallest absolute Gasteiger partial charge is 0.364 e. The van der Waals surface area contributed by atoms with Crippen molar-refractivity contribution < 1.29 is 77.9 Å². The summed E-state index contributed by atoms with van der Waals surface area (Å²) in [6, 6.07) is 5.29. The van der Waals surface area contributed by atoms with Gasteiger partial charge in [0.1, 0.15) is 18.8 Å². The summed E-state index contributed by atoms with van der Waals surface area (Å²) in [4.78, 5) is 60.3. The molecular weight excluding hydrogens is 836 g/mol. The van der Waals surface area contributed by atoms with E-state index in [1.54, 1.807) is 24.3 Å². The predicted octanol–water partition coefficient (Wildman–Crippen LogP) is -3.06. The van der Waals surface area contributed by atoms with Crippen molar-refractivity contribution in [2.45, 2.75) is 88.1 Å². The number of nitrogens with one attached hydrogen (secondary N) is 5. The number of carbonyl (C=O) groups is 5. The molecule has 2 aromatic rings. The number of hydrogen-bond donors (Lipinski definition) is 10. The number of aromatic amines is 1. The molecule has 24 heteroatoms. The third-order valence-electron chi connectivity index (χ3n) is 9.48. The normalized spacial score (nSPS) is 19.5. The molecule has 1 aliphatic rings. The highest BCUT2D eigenvalue weighted by Crippen LogP contribution is 2.34. The van der Waals surface area contributed by atoms with Crippen LogP contribution in [0.3, 0.4) is 0 Å². The van der Waals surface area contributed by atoms with E-state index in [0.717, 1.165) is 0 Å². The molecule has 0 saturated carbocycles. The number of rotatable bonds is 33. The highest BCUT2D eigenvalue weighted by molar-refractivity contribution is 5.79. The minimum atomic E-state index is -2.49. The van der Waals surface area contributed by atoms with Crippen LogP contribution in [0.5, 0.6) is 0 Å². The highest BCUT2D eigenvalue weighted by Gasteiger charge is 2.55. The number of amides is 4. The number of nitrogens with zero attached hydrogens (tertiary/aromatic N) is 3. The third kappa shape index (κ3) is 20.1. The average molecular weight is 899 g/mol. The molecule has 1 aliphatic heterocycles. The van der Waals surface area contributed by atoms with Crippen molar-refractivity contribution in [1.82, 2.24) is 41.9 Å². The Labute approximate surface area is 364 Å². The fraction of sp³-hybridized carbons (Fsp3) is 0.692. The van der Waals surface area contributed by atoms with Gasteiger partial charge in [-0.15, -0.1) is 5.10 Å². The largest absolute Gasteiger partial charge is 0.477 e. The van der Waals surface area contributed by atoms with Crippen molar-refractivity contribution in [2.75, 3.05) is 85.7 Å². The molecule has 0 aliphatic carbocycles. The molecule has 0 unspecified atom stereocenters. The number of aliphatic hydroxyl groups excluding tert-OH is 4. The van der Waals surface area contributed by atoms with Crippen molar-refractivity contribution in [1.29, 1.82) is 0 Å². The van der Waals surface area contributed by atoms with Gasteiger partial charge in [0.05, 0.1) is 84.1 Å². The van der Waals surface area contributed by atoms with Crippen LogP contribution >= 0.6 is 0 Å². The highest BCUT2D eigenvalue weighted by atomic mass is 16.7. The Morgan fingerprint density at radius 3 is 2.03 bits per heavy atom. The maximum absolute atomic E-state index is 12.7. The Kier molecular flexibility index (Phi) is 24.7. The molecule has 0 radical (unpaired) electrons. The first-order valence-corrected chi connectivity index (χ1v) is 20.8. The average Bonchev–Trinajstić information content (AvgIpc) is 3.81. The van der Waals surface area contributed by atoms with Crippen molar-refractivity contribution in [3.05, 3.63) is 29.8 Å². The monoisotopic (exact) mass is 898 g/mol. The van der Waals surface area contributed by atoms with Crippen molar-refractivity contribution in [3.8, 4) is 11.4 Å². The van der Waals surface area contributed by atoms with Gasteiger partial charge in [0.2, 0.25) is 23.6 Å². The van der Waals surface area contributed by atoms with Gasteiger partial charge in [0.15, 0.2) is 5.82 Å². The maximum atomic E-state index is 12.7. The lowest BCUT2D eigenvalue weighted by Gasteiger charge is -2.46. The zero-order valence-electron chi connectivity index (χ0n) is 35.4. The first-order valence-electron chi connectivity index (χ1n) is 20.8. The number of ether oxygens (including phenoxy) is 6. The molecule has 1 aromatic carbocycles. The Balaban J connectivity index is 1.32. The lowest BCUT2D eigenvalue weighted by molar-refractivity contribution is -0.310. The van der Waals surface area contributed by atoms with E-state index in [0.29, 0.717) is 109 Å². The second-order valence-electron chi connectivity index (χ2n) is 14.4. The number of aliphatic carboxylic acids is 1. The summed E-state index contributed by atoms with van der Waals surface area (Å²) in [6.45, 7) is 3.64. The van der Waals surface area contributed by atoms with Gasteiger partial charge in [-0.2, -0.15) is 0 Å². The molecule has 1 saturated heterocycles. The molecule has 3 rings (SSSR count). The molecular formula is C39H62N8O16. The molecule has 4 amide bonds. The van der Waals surface area contributed by atoms with Crippen LogP contribution in [-0.4, -0.2) is 198 Å².